The minimum absolute atomic E-state index is 0.344. The molecular formula is C19H18O. The van der Waals surface area contributed by atoms with Gasteiger partial charge in [0.25, 0.3) is 0 Å². The maximum absolute atomic E-state index is 9.81. The van der Waals surface area contributed by atoms with Crippen LogP contribution < -0.4 is 0 Å². The topological polar surface area (TPSA) is 20.2 Å². The second-order valence-corrected chi connectivity index (χ2v) is 5.47. The van der Waals surface area contributed by atoms with Gasteiger partial charge in [-0.2, -0.15) is 0 Å². The van der Waals surface area contributed by atoms with Crippen LogP contribution in [0.5, 0.6) is 5.75 Å². The Hall–Kier alpha value is -2.28. The molecule has 1 aliphatic rings. The molecular weight excluding hydrogens is 244 g/mol. The van der Waals surface area contributed by atoms with Crippen LogP contribution in [0.2, 0.25) is 0 Å². The zero-order valence-corrected chi connectivity index (χ0v) is 11.9. The van der Waals surface area contributed by atoms with Crippen LogP contribution in [-0.2, 0) is 6.42 Å². The summed E-state index contributed by atoms with van der Waals surface area (Å²) in [5.41, 5.74) is 8.21. The highest BCUT2D eigenvalue weighted by atomic mass is 16.3. The molecule has 2 aromatic carbocycles. The van der Waals surface area contributed by atoms with Crippen molar-refractivity contribution in [2.75, 3.05) is 0 Å². The van der Waals surface area contributed by atoms with Gasteiger partial charge >= 0.3 is 0 Å². The van der Waals surface area contributed by atoms with E-state index in [0.717, 1.165) is 23.1 Å². The molecule has 0 radical (unpaired) electrons. The highest BCUT2D eigenvalue weighted by molar-refractivity contribution is 5.89. The number of allylic oxidation sites excluding steroid dienone is 2. The molecule has 0 atom stereocenters. The zero-order valence-electron chi connectivity index (χ0n) is 11.9. The molecule has 1 N–H and O–H groups in total. The van der Waals surface area contributed by atoms with Crippen LogP contribution in [-0.4, -0.2) is 5.11 Å². The molecule has 0 aromatic heterocycles. The first kappa shape index (κ1) is 12.7. The van der Waals surface area contributed by atoms with E-state index >= 15 is 0 Å². The Morgan fingerprint density at radius 2 is 1.90 bits per heavy atom. The van der Waals surface area contributed by atoms with Crippen molar-refractivity contribution in [1.82, 2.24) is 0 Å². The van der Waals surface area contributed by atoms with Gasteiger partial charge in [0.05, 0.1) is 0 Å². The van der Waals surface area contributed by atoms with E-state index in [1.54, 1.807) is 0 Å². The molecule has 0 heterocycles. The van der Waals surface area contributed by atoms with E-state index in [1.807, 2.05) is 25.1 Å². The van der Waals surface area contributed by atoms with E-state index in [-0.39, 0.29) is 0 Å². The molecule has 20 heavy (non-hydrogen) atoms. The SMILES string of the molecule is C=C1/C(=C/c2ccc(C)c(O)c2)Cc2c(C)cccc21. The van der Waals surface area contributed by atoms with Crippen LogP contribution in [0.4, 0.5) is 0 Å². The summed E-state index contributed by atoms with van der Waals surface area (Å²) in [4.78, 5) is 0. The number of fused-ring (bicyclic) bond motifs is 1. The van der Waals surface area contributed by atoms with Crippen molar-refractivity contribution in [1.29, 1.82) is 0 Å². The first-order valence-electron chi connectivity index (χ1n) is 6.84. The lowest BCUT2D eigenvalue weighted by Crippen LogP contribution is -1.85. The number of hydrogen-bond donors (Lipinski definition) is 1. The molecule has 1 aliphatic carbocycles. The maximum atomic E-state index is 9.81. The third-order valence-corrected chi connectivity index (χ3v) is 4.06. The maximum Gasteiger partial charge on any atom is 0.119 e. The van der Waals surface area contributed by atoms with Crippen LogP contribution in [0.15, 0.2) is 48.6 Å². The molecule has 0 fully saturated rings. The van der Waals surface area contributed by atoms with Crippen LogP contribution in [0, 0.1) is 13.8 Å². The average molecular weight is 262 g/mol. The van der Waals surface area contributed by atoms with Gasteiger partial charge in [-0.1, -0.05) is 43.0 Å². The van der Waals surface area contributed by atoms with Gasteiger partial charge in [-0.05, 0) is 65.3 Å². The number of aromatic hydroxyl groups is 1. The normalized spacial score (nSPS) is 15.7. The zero-order chi connectivity index (χ0) is 14.3. The first-order valence-corrected chi connectivity index (χ1v) is 6.84. The quantitative estimate of drug-likeness (QED) is 0.792. The number of benzene rings is 2. The fourth-order valence-electron chi connectivity index (χ4n) is 2.75. The summed E-state index contributed by atoms with van der Waals surface area (Å²) in [6.45, 7) is 8.27. The Morgan fingerprint density at radius 1 is 1.10 bits per heavy atom. The summed E-state index contributed by atoms with van der Waals surface area (Å²) >= 11 is 0. The largest absolute Gasteiger partial charge is 0.508 e. The molecule has 0 spiro atoms. The second-order valence-electron chi connectivity index (χ2n) is 5.47. The monoisotopic (exact) mass is 262 g/mol. The Kier molecular flexibility index (Phi) is 2.98. The van der Waals surface area contributed by atoms with Gasteiger partial charge in [0, 0.05) is 0 Å². The Morgan fingerprint density at radius 3 is 2.60 bits per heavy atom. The minimum Gasteiger partial charge on any atom is -0.508 e. The van der Waals surface area contributed by atoms with Gasteiger partial charge in [-0.3, -0.25) is 0 Å². The molecule has 1 heteroatoms. The first-order chi connectivity index (χ1) is 9.56. The molecule has 1 nitrogen and oxygen atoms in total. The van der Waals surface area contributed by atoms with Gasteiger partial charge in [-0.25, -0.2) is 0 Å². The third-order valence-electron chi connectivity index (χ3n) is 4.06. The number of hydrogen-bond acceptors (Lipinski definition) is 1. The molecule has 0 bridgehead atoms. The molecule has 0 unspecified atom stereocenters. The predicted octanol–water partition coefficient (Wildman–Crippen LogP) is 4.66. The van der Waals surface area contributed by atoms with Crippen LogP contribution >= 0.6 is 0 Å². The molecule has 0 aliphatic heterocycles. The van der Waals surface area contributed by atoms with Gasteiger partial charge in [0.1, 0.15) is 5.75 Å². The fourth-order valence-corrected chi connectivity index (χ4v) is 2.75. The van der Waals surface area contributed by atoms with E-state index in [2.05, 4.69) is 37.8 Å². The van der Waals surface area contributed by atoms with Crippen molar-refractivity contribution in [2.24, 2.45) is 0 Å². The highest BCUT2D eigenvalue weighted by Gasteiger charge is 2.20. The summed E-state index contributed by atoms with van der Waals surface area (Å²) in [5.74, 6) is 0.344. The summed E-state index contributed by atoms with van der Waals surface area (Å²) in [6, 6.07) is 12.2. The van der Waals surface area contributed by atoms with Crippen LogP contribution in [0.25, 0.3) is 11.6 Å². The van der Waals surface area contributed by atoms with Crippen LogP contribution in [0.3, 0.4) is 0 Å². The van der Waals surface area contributed by atoms with Crippen molar-refractivity contribution in [2.45, 2.75) is 20.3 Å². The summed E-state index contributed by atoms with van der Waals surface area (Å²) in [5, 5.41) is 9.81. The van der Waals surface area contributed by atoms with Gasteiger partial charge < -0.3 is 5.11 Å². The number of phenols is 1. The molecule has 0 saturated heterocycles. The van der Waals surface area contributed by atoms with Crippen LogP contribution in [0.1, 0.15) is 27.8 Å². The minimum atomic E-state index is 0.344. The molecule has 0 amide bonds. The lowest BCUT2D eigenvalue weighted by molar-refractivity contribution is 0.471. The molecule has 2 aromatic rings. The van der Waals surface area contributed by atoms with Gasteiger partial charge in [0.2, 0.25) is 0 Å². The molecule has 3 rings (SSSR count). The smallest absolute Gasteiger partial charge is 0.119 e. The fraction of sp³-hybridized carbons (Fsp3) is 0.158. The lowest BCUT2D eigenvalue weighted by Gasteiger charge is -2.03. The molecule has 100 valence electrons. The van der Waals surface area contributed by atoms with Gasteiger partial charge in [0.15, 0.2) is 0 Å². The summed E-state index contributed by atoms with van der Waals surface area (Å²) in [6.07, 6.45) is 3.05. The summed E-state index contributed by atoms with van der Waals surface area (Å²) < 4.78 is 0. The van der Waals surface area contributed by atoms with E-state index in [9.17, 15) is 5.11 Å². The standard InChI is InChI=1S/C19H18O/c1-12-5-4-6-17-14(3)16(11-18(12)17)9-15-8-7-13(2)19(20)10-15/h4-10,20H,3,11H2,1-2H3/b16-9+. The second kappa shape index (κ2) is 4.68. The summed E-state index contributed by atoms with van der Waals surface area (Å²) in [7, 11) is 0. The van der Waals surface area contributed by atoms with Crippen molar-refractivity contribution >= 4 is 11.6 Å². The number of aryl methyl sites for hydroxylation is 2. The van der Waals surface area contributed by atoms with Crippen molar-refractivity contribution in [3.05, 3.63) is 76.4 Å². The molecule has 0 saturated carbocycles. The van der Waals surface area contributed by atoms with E-state index < -0.39 is 0 Å². The lowest BCUT2D eigenvalue weighted by atomic mass is 10.0. The van der Waals surface area contributed by atoms with Gasteiger partial charge in [-0.15, -0.1) is 0 Å². The van der Waals surface area contributed by atoms with E-state index in [0.29, 0.717) is 5.75 Å². The van der Waals surface area contributed by atoms with Crippen molar-refractivity contribution in [3.63, 3.8) is 0 Å². The Bertz CT molecular complexity index is 735. The van der Waals surface area contributed by atoms with E-state index in [1.165, 1.54) is 22.3 Å². The number of rotatable bonds is 1. The van der Waals surface area contributed by atoms with Crippen molar-refractivity contribution < 1.29 is 5.11 Å². The predicted molar refractivity (Wildman–Crippen MR) is 84.7 cm³/mol. The Balaban J connectivity index is 2.01. The number of phenolic OH excluding ortho intramolecular Hbond substituents is 1. The highest BCUT2D eigenvalue weighted by Crippen LogP contribution is 2.38. The average Bonchev–Trinajstić information content (AvgIpc) is 2.73. The third kappa shape index (κ3) is 2.05. The van der Waals surface area contributed by atoms with E-state index in [4.69, 9.17) is 0 Å². The van der Waals surface area contributed by atoms with Crippen molar-refractivity contribution in [3.8, 4) is 5.75 Å². The Labute approximate surface area is 119 Å².